The normalized spacial score (nSPS) is 21.8. The molecule has 10 heteroatoms. The number of nitrogens with zero attached hydrogens (tertiary/aromatic N) is 5. The second-order valence-corrected chi connectivity index (χ2v) is 9.69. The van der Waals surface area contributed by atoms with Crippen molar-refractivity contribution in [1.82, 2.24) is 24.3 Å². The molecule has 2 atom stereocenters. The lowest BCUT2D eigenvalue weighted by Crippen LogP contribution is -2.47. The smallest absolute Gasteiger partial charge is 0.290 e. The summed E-state index contributed by atoms with van der Waals surface area (Å²) in [7, 11) is 0. The number of carbonyl (C=O) groups is 2. The summed E-state index contributed by atoms with van der Waals surface area (Å²) in [5.74, 6) is 1.00. The van der Waals surface area contributed by atoms with E-state index in [9.17, 15) is 4.79 Å². The van der Waals surface area contributed by atoms with Gasteiger partial charge in [-0.1, -0.05) is 25.3 Å². The van der Waals surface area contributed by atoms with Crippen molar-refractivity contribution < 1.29 is 19.8 Å². The predicted octanol–water partition coefficient (Wildman–Crippen LogP) is 2.43. The van der Waals surface area contributed by atoms with Gasteiger partial charge in [-0.3, -0.25) is 24.2 Å². The lowest BCUT2D eigenvalue weighted by Gasteiger charge is -2.43. The predicted molar refractivity (Wildman–Crippen MR) is 135 cm³/mol. The Bertz CT molecular complexity index is 1000. The summed E-state index contributed by atoms with van der Waals surface area (Å²) in [6, 6.07) is 4.37. The number of likely N-dealkylation sites (tertiary alicyclic amines) is 2. The van der Waals surface area contributed by atoms with E-state index < -0.39 is 0 Å². The summed E-state index contributed by atoms with van der Waals surface area (Å²) in [4.78, 5) is 43.4. The van der Waals surface area contributed by atoms with Crippen LogP contribution < -0.4 is 5.56 Å². The van der Waals surface area contributed by atoms with Gasteiger partial charge < -0.3 is 14.8 Å². The molecule has 3 aliphatic heterocycles. The molecule has 2 aromatic heterocycles. The lowest BCUT2D eigenvalue weighted by atomic mass is 9.83. The molecule has 0 aliphatic carbocycles. The number of rotatable bonds is 4. The second kappa shape index (κ2) is 14.4. The molecule has 2 N–H and O–H groups in total. The fourth-order valence-electron chi connectivity index (χ4n) is 5.72. The van der Waals surface area contributed by atoms with E-state index in [2.05, 4.69) is 36.5 Å². The standard InChI is InChI=1S/C24H33N5O.2CH2O2/c30-24-21(16-27-8-4-2-1-3-5-9-27)6-7-23-22-10-19(15-29(23)24)13-28(17-22)14-20-11-25-18-26-12-20;2*2-1-3/h6-7,11-12,18-19,22H,1-5,8-10,13-17H2;2*1H,(H,2,3)/t19-,22+;;/m0../s1. The molecule has 5 rings (SSSR count). The van der Waals surface area contributed by atoms with E-state index >= 15 is 0 Å². The molecule has 2 aromatic rings. The van der Waals surface area contributed by atoms with Gasteiger partial charge in [-0.05, 0) is 44.3 Å². The van der Waals surface area contributed by atoms with Crippen LogP contribution >= 0.6 is 0 Å². The molecule has 2 bridgehead atoms. The number of fused-ring (bicyclic) bond motifs is 4. The molecule has 2 fully saturated rings. The Balaban J connectivity index is 0.000000550. The Hall–Kier alpha value is -3.11. The third-order valence-electron chi connectivity index (χ3n) is 7.12. The Morgan fingerprint density at radius 3 is 2.17 bits per heavy atom. The van der Waals surface area contributed by atoms with Crippen molar-refractivity contribution in [1.29, 1.82) is 0 Å². The largest absolute Gasteiger partial charge is 0.483 e. The third kappa shape index (κ3) is 7.69. The number of piperidine rings is 1. The minimum Gasteiger partial charge on any atom is -0.483 e. The Kier molecular flexibility index (Phi) is 11.0. The van der Waals surface area contributed by atoms with Gasteiger partial charge in [0.25, 0.3) is 18.5 Å². The van der Waals surface area contributed by atoms with Crippen molar-refractivity contribution in [3.05, 3.63) is 58.0 Å². The number of aromatic nitrogens is 3. The maximum absolute atomic E-state index is 13.4. The fourth-order valence-corrected chi connectivity index (χ4v) is 5.72. The van der Waals surface area contributed by atoms with Crippen LogP contribution in [-0.4, -0.2) is 73.7 Å². The Morgan fingerprint density at radius 1 is 0.861 bits per heavy atom. The highest BCUT2D eigenvalue weighted by atomic mass is 16.3. The molecule has 0 spiro atoms. The molecule has 36 heavy (non-hydrogen) atoms. The van der Waals surface area contributed by atoms with Crippen LogP contribution in [0.5, 0.6) is 0 Å². The Morgan fingerprint density at radius 2 is 1.50 bits per heavy atom. The minimum atomic E-state index is -0.250. The summed E-state index contributed by atoms with van der Waals surface area (Å²) in [5.41, 5.74) is 3.65. The third-order valence-corrected chi connectivity index (χ3v) is 7.12. The van der Waals surface area contributed by atoms with Gasteiger partial charge in [0.2, 0.25) is 0 Å². The summed E-state index contributed by atoms with van der Waals surface area (Å²) < 4.78 is 2.11. The molecule has 0 unspecified atom stereocenters. The van der Waals surface area contributed by atoms with Crippen LogP contribution in [0, 0.1) is 5.92 Å². The molecule has 196 valence electrons. The number of pyridine rings is 1. The summed E-state index contributed by atoms with van der Waals surface area (Å²) in [6.45, 7) is 6.39. The molecule has 0 saturated carbocycles. The molecule has 2 saturated heterocycles. The van der Waals surface area contributed by atoms with Gasteiger partial charge in [-0.25, -0.2) is 9.97 Å². The van der Waals surface area contributed by atoms with Crippen molar-refractivity contribution in [2.75, 3.05) is 26.2 Å². The molecular formula is C26H37N5O5. The van der Waals surface area contributed by atoms with Crippen LogP contribution in [0.15, 0.2) is 35.6 Å². The van der Waals surface area contributed by atoms with E-state index in [0.29, 0.717) is 11.8 Å². The average molecular weight is 500 g/mol. The van der Waals surface area contributed by atoms with E-state index in [1.54, 1.807) is 6.33 Å². The highest BCUT2D eigenvalue weighted by Crippen LogP contribution is 2.35. The van der Waals surface area contributed by atoms with Crippen LogP contribution in [0.1, 0.15) is 61.3 Å². The van der Waals surface area contributed by atoms with Crippen LogP contribution in [0.3, 0.4) is 0 Å². The van der Waals surface area contributed by atoms with Crippen molar-refractivity contribution in [3.63, 3.8) is 0 Å². The number of hydrogen-bond donors (Lipinski definition) is 2. The first-order chi connectivity index (χ1) is 17.6. The topological polar surface area (TPSA) is 129 Å². The number of hydrogen-bond acceptors (Lipinski definition) is 7. The fraction of sp³-hybridized carbons (Fsp3) is 0.577. The van der Waals surface area contributed by atoms with Crippen LogP contribution in [0.25, 0.3) is 0 Å². The first-order valence-electron chi connectivity index (χ1n) is 12.7. The highest BCUT2D eigenvalue weighted by molar-refractivity contribution is 5.33. The van der Waals surface area contributed by atoms with Crippen LogP contribution in [-0.2, 0) is 29.2 Å². The zero-order valence-electron chi connectivity index (χ0n) is 20.7. The van der Waals surface area contributed by atoms with Gasteiger partial charge in [0.05, 0.1) is 0 Å². The van der Waals surface area contributed by atoms with Crippen LogP contribution in [0.4, 0.5) is 0 Å². The first-order valence-corrected chi connectivity index (χ1v) is 12.7. The van der Waals surface area contributed by atoms with Gasteiger partial charge in [0.1, 0.15) is 6.33 Å². The van der Waals surface area contributed by atoms with E-state index in [-0.39, 0.29) is 18.5 Å². The van der Waals surface area contributed by atoms with E-state index in [0.717, 1.165) is 51.4 Å². The van der Waals surface area contributed by atoms with Gasteiger partial charge in [0, 0.05) is 67.9 Å². The molecular weight excluding hydrogens is 462 g/mol. The Labute approximate surface area is 211 Å². The van der Waals surface area contributed by atoms with Crippen molar-refractivity contribution in [3.8, 4) is 0 Å². The van der Waals surface area contributed by atoms with Crippen molar-refractivity contribution in [2.24, 2.45) is 5.92 Å². The second-order valence-electron chi connectivity index (χ2n) is 9.69. The van der Waals surface area contributed by atoms with E-state index in [4.69, 9.17) is 19.8 Å². The molecule has 10 nitrogen and oxygen atoms in total. The SMILES string of the molecule is O=CO.O=CO.O=c1c(CN2CCCCCCC2)ccc2n1C[C@H]1C[C@@H]2CN(Cc2cncnc2)C1. The lowest BCUT2D eigenvalue weighted by molar-refractivity contribution is -0.123. The highest BCUT2D eigenvalue weighted by Gasteiger charge is 2.35. The van der Waals surface area contributed by atoms with Crippen molar-refractivity contribution in [2.45, 2.75) is 64.1 Å². The van der Waals surface area contributed by atoms with Gasteiger partial charge in [0.15, 0.2) is 0 Å². The summed E-state index contributed by atoms with van der Waals surface area (Å²) in [6.07, 6.45) is 13.2. The zero-order chi connectivity index (χ0) is 25.8. The van der Waals surface area contributed by atoms with Gasteiger partial charge in [-0.2, -0.15) is 0 Å². The summed E-state index contributed by atoms with van der Waals surface area (Å²) >= 11 is 0. The molecule has 0 radical (unpaired) electrons. The zero-order valence-corrected chi connectivity index (χ0v) is 20.7. The molecule has 0 amide bonds. The van der Waals surface area contributed by atoms with E-state index in [1.807, 2.05) is 12.4 Å². The van der Waals surface area contributed by atoms with E-state index in [1.165, 1.54) is 49.8 Å². The maximum atomic E-state index is 13.4. The molecule has 5 heterocycles. The number of carboxylic acid groups (broad SMARTS) is 2. The average Bonchev–Trinajstić information content (AvgIpc) is 2.84. The molecule has 0 aromatic carbocycles. The maximum Gasteiger partial charge on any atom is 0.290 e. The van der Waals surface area contributed by atoms with Gasteiger partial charge >= 0.3 is 0 Å². The molecule has 3 aliphatic rings. The summed E-state index contributed by atoms with van der Waals surface area (Å²) in [5, 5.41) is 13.8. The van der Waals surface area contributed by atoms with Gasteiger partial charge in [-0.15, -0.1) is 0 Å². The monoisotopic (exact) mass is 499 g/mol. The van der Waals surface area contributed by atoms with Crippen molar-refractivity contribution >= 4 is 12.9 Å². The van der Waals surface area contributed by atoms with Crippen LogP contribution in [0.2, 0.25) is 0 Å². The minimum absolute atomic E-state index is 0.250. The quantitative estimate of drug-likeness (QED) is 0.609. The first kappa shape index (κ1) is 27.5.